The number of nitro benzene ring substituents is 1. The Kier molecular flexibility index (Phi) is 5.61. The van der Waals surface area contributed by atoms with E-state index in [4.69, 9.17) is 14.6 Å². The first-order valence-corrected chi connectivity index (χ1v) is 6.97. The molecule has 1 N–H and O–H groups in total. The maximum Gasteiger partial charge on any atom is 0.338 e. The Labute approximate surface area is 131 Å². The summed E-state index contributed by atoms with van der Waals surface area (Å²) >= 11 is 0. The van der Waals surface area contributed by atoms with E-state index in [-0.39, 0.29) is 17.7 Å². The van der Waals surface area contributed by atoms with Crippen LogP contribution in [0.4, 0.5) is 5.69 Å². The van der Waals surface area contributed by atoms with Gasteiger partial charge in [0.25, 0.3) is 5.69 Å². The molecule has 1 aliphatic heterocycles. The molecule has 1 aromatic rings. The highest BCUT2D eigenvalue weighted by Crippen LogP contribution is 2.18. The number of nitro groups is 1. The largest absolute Gasteiger partial charge is 0.478 e. The number of esters is 1. The van der Waals surface area contributed by atoms with Crippen molar-refractivity contribution in [3.05, 3.63) is 39.4 Å². The van der Waals surface area contributed by atoms with Crippen LogP contribution in [0, 0.1) is 10.1 Å². The van der Waals surface area contributed by atoms with Crippen molar-refractivity contribution in [1.82, 2.24) is 4.90 Å². The second kappa shape index (κ2) is 7.65. The van der Waals surface area contributed by atoms with Gasteiger partial charge in [-0.3, -0.25) is 15.0 Å². The second-order valence-corrected chi connectivity index (χ2v) is 4.92. The van der Waals surface area contributed by atoms with Crippen LogP contribution in [0.1, 0.15) is 20.7 Å². The monoisotopic (exact) mass is 324 g/mol. The van der Waals surface area contributed by atoms with Crippen LogP contribution in [-0.4, -0.2) is 66.3 Å². The third-order valence-electron chi connectivity index (χ3n) is 3.36. The van der Waals surface area contributed by atoms with Crippen molar-refractivity contribution >= 4 is 17.6 Å². The minimum atomic E-state index is -1.35. The summed E-state index contributed by atoms with van der Waals surface area (Å²) in [7, 11) is 0. The molecule has 1 heterocycles. The lowest BCUT2D eigenvalue weighted by atomic mass is 10.1. The molecular formula is C14H16N2O7. The summed E-state index contributed by atoms with van der Waals surface area (Å²) in [6.45, 7) is 3.39. The molecule has 0 bridgehead atoms. The summed E-state index contributed by atoms with van der Waals surface area (Å²) in [6, 6.07) is 2.96. The Morgan fingerprint density at radius 1 is 1.26 bits per heavy atom. The van der Waals surface area contributed by atoms with E-state index >= 15 is 0 Å². The highest BCUT2D eigenvalue weighted by atomic mass is 16.6. The maximum absolute atomic E-state index is 12.0. The maximum atomic E-state index is 12.0. The number of hydrogen-bond donors (Lipinski definition) is 1. The molecule has 0 radical (unpaired) electrons. The summed E-state index contributed by atoms with van der Waals surface area (Å²) < 4.78 is 10.3. The molecule has 1 aliphatic rings. The lowest BCUT2D eigenvalue weighted by Gasteiger charge is -2.26. The lowest BCUT2D eigenvalue weighted by Crippen LogP contribution is -2.38. The predicted octanol–water partition coefficient (Wildman–Crippen LogP) is 0.782. The van der Waals surface area contributed by atoms with E-state index in [9.17, 15) is 19.7 Å². The van der Waals surface area contributed by atoms with Crippen LogP contribution in [-0.2, 0) is 9.47 Å². The Balaban J connectivity index is 2.00. The highest BCUT2D eigenvalue weighted by Gasteiger charge is 2.19. The zero-order valence-corrected chi connectivity index (χ0v) is 12.3. The third kappa shape index (κ3) is 4.73. The smallest absolute Gasteiger partial charge is 0.338 e. The minimum Gasteiger partial charge on any atom is -0.478 e. The van der Waals surface area contributed by atoms with Crippen LogP contribution >= 0.6 is 0 Å². The van der Waals surface area contributed by atoms with Crippen molar-refractivity contribution in [3.8, 4) is 0 Å². The van der Waals surface area contributed by atoms with E-state index in [0.29, 0.717) is 19.8 Å². The van der Waals surface area contributed by atoms with Crippen LogP contribution < -0.4 is 0 Å². The number of aromatic carboxylic acids is 1. The summed E-state index contributed by atoms with van der Waals surface area (Å²) in [5.74, 6) is -2.14. The van der Waals surface area contributed by atoms with Gasteiger partial charge in [-0.25, -0.2) is 9.59 Å². The fourth-order valence-corrected chi connectivity index (χ4v) is 2.13. The van der Waals surface area contributed by atoms with Gasteiger partial charge in [0.05, 0.1) is 29.3 Å². The molecule has 0 unspecified atom stereocenters. The van der Waals surface area contributed by atoms with Crippen molar-refractivity contribution in [1.29, 1.82) is 0 Å². The summed E-state index contributed by atoms with van der Waals surface area (Å²) in [6.07, 6.45) is 0. The topological polar surface area (TPSA) is 119 Å². The van der Waals surface area contributed by atoms with E-state index in [0.717, 1.165) is 31.3 Å². The zero-order valence-electron chi connectivity index (χ0n) is 12.3. The quantitative estimate of drug-likeness (QED) is 0.463. The number of rotatable bonds is 6. The van der Waals surface area contributed by atoms with Crippen molar-refractivity contribution in [3.63, 3.8) is 0 Å². The van der Waals surface area contributed by atoms with Crippen LogP contribution in [0.3, 0.4) is 0 Å². The molecule has 0 aromatic heterocycles. The normalized spacial score (nSPS) is 15.1. The van der Waals surface area contributed by atoms with Crippen molar-refractivity contribution < 1.29 is 29.1 Å². The molecule has 9 heteroatoms. The summed E-state index contributed by atoms with van der Waals surface area (Å²) in [4.78, 5) is 35.1. The van der Waals surface area contributed by atoms with Gasteiger partial charge in [0.1, 0.15) is 6.61 Å². The molecule has 9 nitrogen and oxygen atoms in total. The van der Waals surface area contributed by atoms with Gasteiger partial charge in [0, 0.05) is 31.8 Å². The van der Waals surface area contributed by atoms with Crippen molar-refractivity contribution in [2.24, 2.45) is 0 Å². The first kappa shape index (κ1) is 16.8. The number of carbonyl (C=O) groups is 2. The van der Waals surface area contributed by atoms with Gasteiger partial charge in [-0.1, -0.05) is 0 Å². The number of morpholine rings is 1. The number of carboxylic acid groups (broad SMARTS) is 1. The first-order chi connectivity index (χ1) is 11.0. The summed E-state index contributed by atoms with van der Waals surface area (Å²) in [5.41, 5.74) is -0.956. The number of carboxylic acids is 1. The van der Waals surface area contributed by atoms with Gasteiger partial charge in [0.2, 0.25) is 0 Å². The van der Waals surface area contributed by atoms with Crippen LogP contribution in [0.15, 0.2) is 18.2 Å². The molecule has 1 fully saturated rings. The number of carbonyl (C=O) groups excluding carboxylic acids is 1. The first-order valence-electron chi connectivity index (χ1n) is 6.97. The Morgan fingerprint density at radius 3 is 2.52 bits per heavy atom. The van der Waals surface area contributed by atoms with Crippen LogP contribution in [0.25, 0.3) is 0 Å². The van der Waals surface area contributed by atoms with Crippen molar-refractivity contribution in [2.75, 3.05) is 39.5 Å². The molecule has 1 saturated heterocycles. The Hall–Kier alpha value is -2.52. The highest BCUT2D eigenvalue weighted by molar-refractivity contribution is 5.95. The Bertz CT molecular complexity index is 579. The van der Waals surface area contributed by atoms with E-state index in [1.54, 1.807) is 0 Å². The number of nitrogens with zero attached hydrogens (tertiary/aromatic N) is 2. The molecule has 0 amide bonds. The zero-order chi connectivity index (χ0) is 16.8. The van der Waals surface area contributed by atoms with Gasteiger partial charge in [0.15, 0.2) is 0 Å². The van der Waals surface area contributed by atoms with E-state index in [1.165, 1.54) is 0 Å². The number of non-ortho nitro benzene ring substituents is 1. The molecule has 0 saturated carbocycles. The van der Waals surface area contributed by atoms with Gasteiger partial charge < -0.3 is 14.6 Å². The molecule has 124 valence electrons. The fourth-order valence-electron chi connectivity index (χ4n) is 2.13. The van der Waals surface area contributed by atoms with Crippen LogP contribution in [0.5, 0.6) is 0 Å². The fraction of sp³-hybridized carbons (Fsp3) is 0.429. The average molecular weight is 324 g/mol. The molecule has 0 aliphatic carbocycles. The second-order valence-electron chi connectivity index (χ2n) is 4.92. The minimum absolute atomic E-state index is 0.115. The van der Waals surface area contributed by atoms with Gasteiger partial charge in [-0.05, 0) is 6.07 Å². The SMILES string of the molecule is O=C(O)c1cc(C(=O)OCCN2CCOCC2)cc([N+](=O)[O-])c1. The predicted molar refractivity (Wildman–Crippen MR) is 77.6 cm³/mol. The molecule has 23 heavy (non-hydrogen) atoms. The third-order valence-corrected chi connectivity index (χ3v) is 3.36. The molecule has 2 rings (SSSR count). The van der Waals surface area contributed by atoms with E-state index < -0.39 is 22.5 Å². The molecular weight excluding hydrogens is 308 g/mol. The van der Waals surface area contributed by atoms with Gasteiger partial charge in [-0.2, -0.15) is 0 Å². The number of ether oxygens (including phenoxy) is 2. The Morgan fingerprint density at radius 2 is 1.91 bits per heavy atom. The lowest BCUT2D eigenvalue weighted by molar-refractivity contribution is -0.384. The average Bonchev–Trinajstić information content (AvgIpc) is 2.55. The van der Waals surface area contributed by atoms with Crippen molar-refractivity contribution in [2.45, 2.75) is 0 Å². The molecule has 1 aromatic carbocycles. The standard InChI is InChI=1S/C14H16N2O7/c17-13(18)10-7-11(9-12(8-10)16(20)21)14(19)23-6-3-15-1-4-22-5-2-15/h7-9H,1-6H2,(H,17,18). The molecule has 0 spiro atoms. The van der Waals surface area contributed by atoms with E-state index in [2.05, 4.69) is 4.90 Å². The number of benzene rings is 1. The number of hydrogen-bond acceptors (Lipinski definition) is 7. The van der Waals surface area contributed by atoms with Gasteiger partial charge >= 0.3 is 11.9 Å². The summed E-state index contributed by atoms with van der Waals surface area (Å²) in [5, 5.41) is 19.8. The molecule has 0 atom stereocenters. The van der Waals surface area contributed by atoms with Gasteiger partial charge in [-0.15, -0.1) is 0 Å². The van der Waals surface area contributed by atoms with E-state index in [1.807, 2.05) is 0 Å². The van der Waals surface area contributed by atoms with Crippen LogP contribution in [0.2, 0.25) is 0 Å².